The van der Waals surface area contributed by atoms with Crippen LogP contribution in [-0.4, -0.2) is 35.7 Å². The summed E-state index contributed by atoms with van der Waals surface area (Å²) in [7, 11) is 1.57. The van der Waals surface area contributed by atoms with Crippen LogP contribution in [0, 0.1) is 23.7 Å². The van der Waals surface area contributed by atoms with Crippen molar-refractivity contribution >= 4 is 34.0 Å². The fourth-order valence-corrected chi connectivity index (χ4v) is 4.89. The van der Waals surface area contributed by atoms with Crippen molar-refractivity contribution in [3.05, 3.63) is 34.3 Å². The molecular weight excluding hydrogens is 424 g/mol. The molecule has 2 bridgehead atoms. The first-order valence-corrected chi connectivity index (χ1v) is 10.2. The first-order valence-electron chi connectivity index (χ1n) is 9.36. The van der Waals surface area contributed by atoms with Crippen LogP contribution < -0.4 is 9.47 Å². The Labute approximate surface area is 172 Å². The first-order chi connectivity index (χ1) is 13.2. The van der Waals surface area contributed by atoms with Gasteiger partial charge in [-0.25, -0.2) is 0 Å². The van der Waals surface area contributed by atoms with Gasteiger partial charge in [0.1, 0.15) is 5.60 Å². The molecule has 3 aliphatic rings. The zero-order valence-electron chi connectivity index (χ0n) is 16.3. The lowest BCUT2D eigenvalue weighted by molar-refractivity contribution is -0.140. The van der Waals surface area contributed by atoms with Gasteiger partial charge >= 0.3 is 0 Å². The number of hydrogen-bond donors (Lipinski definition) is 0. The molecule has 0 radical (unpaired) electrons. The Morgan fingerprint density at radius 3 is 2.29 bits per heavy atom. The first kappa shape index (κ1) is 19.2. The molecule has 0 unspecified atom stereocenters. The number of ether oxygens (including phenoxy) is 2. The molecule has 1 aromatic rings. The van der Waals surface area contributed by atoms with E-state index in [4.69, 9.17) is 9.47 Å². The molecule has 2 fully saturated rings. The fourth-order valence-electron chi connectivity index (χ4n) is 4.34. The molecule has 6 nitrogen and oxygen atoms in total. The van der Waals surface area contributed by atoms with E-state index in [1.807, 2.05) is 26.8 Å². The highest BCUT2D eigenvalue weighted by Crippen LogP contribution is 2.52. The minimum Gasteiger partial charge on any atom is -0.493 e. The largest absolute Gasteiger partial charge is 0.493 e. The van der Waals surface area contributed by atoms with Crippen LogP contribution in [0.3, 0.4) is 0 Å². The Bertz CT molecular complexity index is 872. The van der Waals surface area contributed by atoms with Crippen LogP contribution in [0.15, 0.2) is 33.9 Å². The average molecular weight is 447 g/mol. The smallest absolute Gasteiger partial charge is 0.254 e. The molecule has 7 heteroatoms. The third kappa shape index (κ3) is 3.15. The minimum absolute atomic E-state index is 0.176. The molecule has 4 rings (SSSR count). The number of rotatable bonds is 4. The number of benzene rings is 1. The average Bonchev–Trinajstić information content (AvgIpc) is 3.29. The normalized spacial score (nSPS) is 28.5. The van der Waals surface area contributed by atoms with Gasteiger partial charge in [-0.1, -0.05) is 12.2 Å². The molecule has 1 aromatic carbocycles. The van der Waals surface area contributed by atoms with E-state index in [9.17, 15) is 9.59 Å². The van der Waals surface area contributed by atoms with E-state index in [2.05, 4.69) is 33.2 Å². The molecule has 1 heterocycles. The van der Waals surface area contributed by atoms with Crippen LogP contribution in [0.2, 0.25) is 0 Å². The summed E-state index contributed by atoms with van der Waals surface area (Å²) in [5.74, 6) is 0.613. The Morgan fingerprint density at radius 2 is 1.75 bits per heavy atom. The molecule has 1 saturated heterocycles. The van der Waals surface area contributed by atoms with E-state index >= 15 is 0 Å². The fraction of sp³-hybridized carbons (Fsp3) is 0.476. The zero-order chi connectivity index (χ0) is 20.2. The third-order valence-electron chi connectivity index (χ3n) is 5.43. The minimum atomic E-state index is -0.384. The monoisotopic (exact) mass is 446 g/mol. The number of hydrogen-bond acceptors (Lipinski definition) is 5. The van der Waals surface area contributed by atoms with Gasteiger partial charge in [-0.15, -0.1) is 0 Å². The van der Waals surface area contributed by atoms with Crippen LogP contribution in [0.5, 0.6) is 11.5 Å². The van der Waals surface area contributed by atoms with Crippen molar-refractivity contribution in [1.82, 2.24) is 5.01 Å². The number of amides is 2. The second-order valence-corrected chi connectivity index (χ2v) is 9.34. The lowest BCUT2D eigenvalue weighted by Crippen LogP contribution is -2.28. The van der Waals surface area contributed by atoms with Gasteiger partial charge in [-0.2, -0.15) is 10.1 Å². The number of carbonyl (C=O) groups excluding carboxylic acids is 2. The second kappa shape index (κ2) is 6.72. The van der Waals surface area contributed by atoms with E-state index in [0.29, 0.717) is 21.5 Å². The topological polar surface area (TPSA) is 68.2 Å². The third-order valence-corrected chi connectivity index (χ3v) is 6.02. The SMILES string of the molecule is COc1cc(C=NN2C(=O)[C@@H]3[C@H](C2=O)[C@H]2C=C[C@H]3C2)cc(Br)c1OC(C)(C)C. The lowest BCUT2D eigenvalue weighted by Gasteiger charge is -2.24. The molecule has 2 amide bonds. The Kier molecular flexibility index (Phi) is 4.61. The van der Waals surface area contributed by atoms with Gasteiger partial charge in [0.15, 0.2) is 11.5 Å². The summed E-state index contributed by atoms with van der Waals surface area (Å²) in [6.07, 6.45) is 6.56. The Balaban J connectivity index is 1.58. The van der Waals surface area contributed by atoms with Crippen molar-refractivity contribution in [3.8, 4) is 11.5 Å². The molecule has 0 aromatic heterocycles. The molecular formula is C21H23BrN2O4. The van der Waals surface area contributed by atoms with E-state index in [1.165, 1.54) is 6.21 Å². The summed E-state index contributed by atoms with van der Waals surface area (Å²) in [6, 6.07) is 3.59. The van der Waals surface area contributed by atoms with Crippen molar-refractivity contribution in [2.75, 3.05) is 7.11 Å². The Hall–Kier alpha value is -2.15. The van der Waals surface area contributed by atoms with Gasteiger partial charge in [0.25, 0.3) is 11.8 Å². The summed E-state index contributed by atoms with van der Waals surface area (Å²) in [5, 5.41) is 5.26. The quantitative estimate of drug-likeness (QED) is 0.400. The van der Waals surface area contributed by atoms with Crippen molar-refractivity contribution < 1.29 is 19.1 Å². The second-order valence-electron chi connectivity index (χ2n) is 8.48. The van der Waals surface area contributed by atoms with Crippen LogP contribution in [-0.2, 0) is 9.59 Å². The molecule has 2 aliphatic carbocycles. The van der Waals surface area contributed by atoms with Gasteiger partial charge in [0, 0.05) is 0 Å². The van der Waals surface area contributed by atoms with Gasteiger partial charge in [-0.05, 0) is 72.7 Å². The van der Waals surface area contributed by atoms with Gasteiger partial charge in [-0.3, -0.25) is 9.59 Å². The molecule has 0 spiro atoms. The number of nitrogens with zero attached hydrogens (tertiary/aromatic N) is 2. The molecule has 28 heavy (non-hydrogen) atoms. The summed E-state index contributed by atoms with van der Waals surface area (Å²) in [5.41, 5.74) is 0.314. The maximum absolute atomic E-state index is 12.7. The van der Waals surface area contributed by atoms with Crippen molar-refractivity contribution in [1.29, 1.82) is 0 Å². The number of carbonyl (C=O) groups is 2. The molecule has 4 atom stereocenters. The van der Waals surface area contributed by atoms with E-state index in [-0.39, 0.29) is 41.1 Å². The van der Waals surface area contributed by atoms with Crippen molar-refractivity contribution in [2.24, 2.45) is 28.8 Å². The maximum Gasteiger partial charge on any atom is 0.254 e. The van der Waals surface area contributed by atoms with Crippen molar-refractivity contribution in [3.63, 3.8) is 0 Å². The zero-order valence-corrected chi connectivity index (χ0v) is 17.9. The van der Waals surface area contributed by atoms with Gasteiger partial charge in [0.05, 0.1) is 29.6 Å². The predicted molar refractivity (Wildman–Crippen MR) is 108 cm³/mol. The van der Waals surface area contributed by atoms with Crippen LogP contribution >= 0.6 is 15.9 Å². The molecule has 1 aliphatic heterocycles. The van der Waals surface area contributed by atoms with Crippen molar-refractivity contribution in [2.45, 2.75) is 32.8 Å². The van der Waals surface area contributed by atoms with Gasteiger partial charge in [0.2, 0.25) is 0 Å². The maximum atomic E-state index is 12.7. The number of hydrazone groups is 1. The molecule has 1 saturated carbocycles. The van der Waals surface area contributed by atoms with Crippen LogP contribution in [0.1, 0.15) is 32.8 Å². The van der Waals surface area contributed by atoms with E-state index in [0.717, 1.165) is 11.4 Å². The van der Waals surface area contributed by atoms with Gasteiger partial charge < -0.3 is 9.47 Å². The summed E-state index contributed by atoms with van der Waals surface area (Å²) in [4.78, 5) is 25.4. The van der Waals surface area contributed by atoms with Crippen LogP contribution in [0.25, 0.3) is 0 Å². The summed E-state index contributed by atoms with van der Waals surface area (Å²) >= 11 is 3.51. The van der Waals surface area contributed by atoms with Crippen LogP contribution in [0.4, 0.5) is 0 Å². The summed E-state index contributed by atoms with van der Waals surface area (Å²) < 4.78 is 12.1. The standard InChI is InChI=1S/C21H23BrN2O4/c1-21(2,3)28-18-14(22)7-11(8-15(18)27-4)10-23-24-19(25)16-12-5-6-13(9-12)17(16)20(24)26/h5-8,10,12-13,16-17H,9H2,1-4H3/t12-,13-,16-,17+/m0/s1. The molecule has 148 valence electrons. The number of allylic oxidation sites excluding steroid dienone is 2. The number of imide groups is 1. The summed E-state index contributed by atoms with van der Waals surface area (Å²) in [6.45, 7) is 5.87. The number of halogens is 1. The van der Waals surface area contributed by atoms with E-state index in [1.54, 1.807) is 13.2 Å². The highest BCUT2D eigenvalue weighted by atomic mass is 79.9. The molecule has 0 N–H and O–H groups in total. The Morgan fingerprint density at radius 1 is 1.14 bits per heavy atom. The highest BCUT2D eigenvalue weighted by molar-refractivity contribution is 9.10. The predicted octanol–water partition coefficient (Wildman–Crippen LogP) is 3.78. The highest BCUT2D eigenvalue weighted by Gasteiger charge is 2.59. The number of methoxy groups -OCH3 is 1. The lowest BCUT2D eigenvalue weighted by atomic mass is 9.85. The van der Waals surface area contributed by atoms with E-state index < -0.39 is 0 Å². The number of fused-ring (bicyclic) bond motifs is 5.